The molecule has 0 aromatic heterocycles. The van der Waals surface area contributed by atoms with E-state index in [4.69, 9.17) is 0 Å². The normalized spacial score (nSPS) is 33.3. The highest BCUT2D eigenvalue weighted by molar-refractivity contribution is 4.93. The van der Waals surface area contributed by atoms with Gasteiger partial charge in [0.15, 0.2) is 0 Å². The van der Waals surface area contributed by atoms with Crippen LogP contribution in [0, 0.1) is 23.2 Å². The van der Waals surface area contributed by atoms with E-state index in [1.807, 2.05) is 0 Å². The summed E-state index contributed by atoms with van der Waals surface area (Å²) < 4.78 is 41.5. The smallest absolute Gasteiger partial charge is 0.171 e. The molecule has 0 spiro atoms. The van der Waals surface area contributed by atoms with Crippen molar-refractivity contribution in [2.24, 2.45) is 23.2 Å². The first kappa shape index (κ1) is 22.1. The van der Waals surface area contributed by atoms with E-state index < -0.39 is 11.6 Å². The SMILES string of the molecule is CCCCCCC1(C(F)(F)F)CCC(C2CCC(CCCC)CC2)CC1. The van der Waals surface area contributed by atoms with Crippen LogP contribution < -0.4 is 0 Å². The number of rotatable bonds is 9. The molecule has 0 atom stereocenters. The predicted octanol–water partition coefficient (Wildman–Crippen LogP) is 8.69. The van der Waals surface area contributed by atoms with Crippen molar-refractivity contribution in [2.45, 2.75) is 123 Å². The van der Waals surface area contributed by atoms with E-state index >= 15 is 0 Å². The Hall–Kier alpha value is -0.210. The molecule has 0 unspecified atom stereocenters. The summed E-state index contributed by atoms with van der Waals surface area (Å²) in [5.74, 6) is 2.16. The lowest BCUT2D eigenvalue weighted by Gasteiger charge is -2.44. The van der Waals surface area contributed by atoms with E-state index in [9.17, 15) is 13.2 Å². The Kier molecular flexibility index (Phi) is 8.80. The highest BCUT2D eigenvalue weighted by Gasteiger charge is 2.55. The molecule has 3 heteroatoms. The minimum absolute atomic E-state index is 0.368. The van der Waals surface area contributed by atoms with Gasteiger partial charge in [0.25, 0.3) is 0 Å². The predicted molar refractivity (Wildman–Crippen MR) is 104 cm³/mol. The topological polar surface area (TPSA) is 0 Å². The number of unbranched alkanes of at least 4 members (excludes halogenated alkanes) is 4. The third-order valence-corrected chi connectivity index (χ3v) is 7.62. The molecular weight excluding hydrogens is 333 g/mol. The van der Waals surface area contributed by atoms with Gasteiger partial charge in [-0.3, -0.25) is 0 Å². The third-order valence-electron chi connectivity index (χ3n) is 7.62. The van der Waals surface area contributed by atoms with Gasteiger partial charge in [-0.05, 0) is 62.7 Å². The summed E-state index contributed by atoms with van der Waals surface area (Å²) in [5, 5.41) is 0. The van der Waals surface area contributed by atoms with Crippen LogP contribution in [0.3, 0.4) is 0 Å². The largest absolute Gasteiger partial charge is 0.394 e. The molecule has 26 heavy (non-hydrogen) atoms. The van der Waals surface area contributed by atoms with E-state index in [2.05, 4.69) is 13.8 Å². The summed E-state index contributed by atoms with van der Waals surface area (Å²) in [7, 11) is 0. The average Bonchev–Trinajstić information content (AvgIpc) is 2.64. The van der Waals surface area contributed by atoms with Crippen molar-refractivity contribution in [3.05, 3.63) is 0 Å². The zero-order valence-electron chi connectivity index (χ0n) is 17.2. The van der Waals surface area contributed by atoms with Crippen LogP contribution in [0.1, 0.15) is 117 Å². The maximum Gasteiger partial charge on any atom is 0.394 e. The van der Waals surface area contributed by atoms with Crippen LogP contribution in [0.2, 0.25) is 0 Å². The molecule has 0 heterocycles. The van der Waals surface area contributed by atoms with E-state index in [0.717, 1.165) is 44.4 Å². The molecule has 0 radical (unpaired) electrons. The van der Waals surface area contributed by atoms with Crippen LogP contribution in [0.5, 0.6) is 0 Å². The fourth-order valence-corrected chi connectivity index (χ4v) is 5.67. The van der Waals surface area contributed by atoms with Gasteiger partial charge in [0.1, 0.15) is 0 Å². The second-order valence-electron chi connectivity index (χ2n) is 9.35. The Morgan fingerprint density at radius 1 is 0.731 bits per heavy atom. The third kappa shape index (κ3) is 5.89. The number of halogens is 3. The van der Waals surface area contributed by atoms with Gasteiger partial charge in [-0.15, -0.1) is 0 Å². The highest BCUT2D eigenvalue weighted by atomic mass is 19.4. The van der Waals surface area contributed by atoms with Crippen LogP contribution in [0.4, 0.5) is 13.2 Å². The van der Waals surface area contributed by atoms with Crippen LogP contribution in [0.25, 0.3) is 0 Å². The number of alkyl halides is 3. The fraction of sp³-hybridized carbons (Fsp3) is 1.00. The molecule has 2 rings (SSSR count). The van der Waals surface area contributed by atoms with Crippen LogP contribution in [-0.4, -0.2) is 6.18 Å². The second kappa shape index (κ2) is 10.4. The van der Waals surface area contributed by atoms with Crippen molar-refractivity contribution in [1.29, 1.82) is 0 Å². The quantitative estimate of drug-likeness (QED) is 0.354. The Labute approximate surface area is 159 Å². The minimum Gasteiger partial charge on any atom is -0.171 e. The average molecular weight is 375 g/mol. The lowest BCUT2D eigenvalue weighted by molar-refractivity contribution is -0.241. The van der Waals surface area contributed by atoms with Crippen LogP contribution >= 0.6 is 0 Å². The van der Waals surface area contributed by atoms with Gasteiger partial charge in [0.2, 0.25) is 0 Å². The zero-order valence-corrected chi connectivity index (χ0v) is 17.2. The Bertz CT molecular complexity index is 371. The Balaban J connectivity index is 1.81. The molecular formula is C23H41F3. The van der Waals surface area contributed by atoms with Crippen molar-refractivity contribution < 1.29 is 13.2 Å². The fourth-order valence-electron chi connectivity index (χ4n) is 5.67. The first-order valence-electron chi connectivity index (χ1n) is 11.5. The summed E-state index contributed by atoms with van der Waals surface area (Å²) in [4.78, 5) is 0. The molecule has 2 fully saturated rings. The Morgan fingerprint density at radius 2 is 1.31 bits per heavy atom. The lowest BCUT2D eigenvalue weighted by Crippen LogP contribution is -2.42. The monoisotopic (exact) mass is 374 g/mol. The molecule has 0 aromatic rings. The summed E-state index contributed by atoms with van der Waals surface area (Å²) >= 11 is 0. The maximum atomic E-state index is 13.8. The molecule has 2 aliphatic rings. The molecule has 0 bridgehead atoms. The van der Waals surface area contributed by atoms with Gasteiger partial charge in [-0.2, -0.15) is 13.2 Å². The number of hydrogen-bond acceptors (Lipinski definition) is 0. The zero-order chi connectivity index (χ0) is 19.0. The maximum absolute atomic E-state index is 13.8. The molecule has 2 saturated carbocycles. The van der Waals surface area contributed by atoms with Crippen molar-refractivity contribution in [3.8, 4) is 0 Å². The second-order valence-corrected chi connectivity index (χ2v) is 9.35. The first-order chi connectivity index (χ1) is 12.4. The Morgan fingerprint density at radius 3 is 1.85 bits per heavy atom. The van der Waals surface area contributed by atoms with E-state index in [1.165, 1.54) is 44.9 Å². The van der Waals surface area contributed by atoms with Crippen molar-refractivity contribution in [2.75, 3.05) is 0 Å². The first-order valence-corrected chi connectivity index (χ1v) is 11.5. The van der Waals surface area contributed by atoms with E-state index in [1.54, 1.807) is 0 Å². The molecule has 0 saturated heterocycles. The molecule has 0 N–H and O–H groups in total. The summed E-state index contributed by atoms with van der Waals surface area (Å²) in [6.45, 7) is 4.37. The summed E-state index contributed by atoms with van der Waals surface area (Å²) in [6, 6.07) is 0. The standard InChI is InChI=1S/C23H41F3/c1-3-5-7-8-16-22(23(24,25)26)17-14-21(15-18-22)20-12-10-19(11-13-20)9-6-4-2/h19-21H,3-18H2,1-2H3. The van der Waals surface area contributed by atoms with Gasteiger partial charge in [0.05, 0.1) is 5.41 Å². The van der Waals surface area contributed by atoms with Crippen molar-refractivity contribution in [1.82, 2.24) is 0 Å². The minimum atomic E-state index is -4.01. The molecule has 0 aliphatic heterocycles. The van der Waals surface area contributed by atoms with Gasteiger partial charge in [-0.25, -0.2) is 0 Å². The highest BCUT2D eigenvalue weighted by Crippen LogP contribution is 2.55. The molecule has 0 amide bonds. The van der Waals surface area contributed by atoms with Crippen molar-refractivity contribution in [3.63, 3.8) is 0 Å². The van der Waals surface area contributed by atoms with E-state index in [0.29, 0.717) is 31.1 Å². The van der Waals surface area contributed by atoms with Gasteiger partial charge in [-0.1, -0.05) is 71.6 Å². The molecule has 154 valence electrons. The van der Waals surface area contributed by atoms with E-state index in [-0.39, 0.29) is 0 Å². The summed E-state index contributed by atoms with van der Waals surface area (Å²) in [5.41, 5.74) is -1.37. The molecule has 2 aliphatic carbocycles. The van der Waals surface area contributed by atoms with Crippen LogP contribution in [-0.2, 0) is 0 Å². The molecule has 0 nitrogen and oxygen atoms in total. The van der Waals surface area contributed by atoms with Gasteiger partial charge < -0.3 is 0 Å². The molecule has 0 aromatic carbocycles. The van der Waals surface area contributed by atoms with Crippen molar-refractivity contribution >= 4 is 0 Å². The van der Waals surface area contributed by atoms with Gasteiger partial charge in [0, 0.05) is 0 Å². The van der Waals surface area contributed by atoms with Gasteiger partial charge >= 0.3 is 6.18 Å². The number of hydrogen-bond donors (Lipinski definition) is 0. The lowest BCUT2D eigenvalue weighted by atomic mass is 9.62. The summed E-state index contributed by atoms with van der Waals surface area (Å²) in [6.07, 6.45) is 11.8. The van der Waals surface area contributed by atoms with Crippen LogP contribution in [0.15, 0.2) is 0 Å².